The van der Waals surface area contributed by atoms with Crippen molar-refractivity contribution in [2.75, 3.05) is 5.32 Å². The Bertz CT molecular complexity index is 793. The topological polar surface area (TPSA) is 70.6 Å². The SMILES string of the molecule is CC(C)(C)C(=O)Nc1ccc(C(=O)N/N=C\c2cccc(Br)c2)cc1. The number of nitrogens with zero attached hydrogens (tertiary/aromatic N) is 1. The molecule has 0 bridgehead atoms. The van der Waals surface area contributed by atoms with Gasteiger partial charge in [-0.3, -0.25) is 9.59 Å². The maximum absolute atomic E-state index is 12.1. The standard InChI is InChI=1S/C19H20BrN3O2/c1-19(2,3)18(25)22-16-9-7-14(8-10-16)17(24)23-21-12-13-5-4-6-15(20)11-13/h4-12H,1-3H3,(H,22,25)(H,23,24)/b21-12-. The number of hydrogen-bond donors (Lipinski definition) is 2. The Kier molecular flexibility index (Phi) is 6.09. The van der Waals surface area contributed by atoms with Crippen LogP contribution in [-0.2, 0) is 4.79 Å². The van der Waals surface area contributed by atoms with Gasteiger partial charge in [-0.2, -0.15) is 5.10 Å². The molecular weight excluding hydrogens is 382 g/mol. The van der Waals surface area contributed by atoms with Gasteiger partial charge in [0.2, 0.25) is 5.91 Å². The Morgan fingerprint density at radius 3 is 2.36 bits per heavy atom. The van der Waals surface area contributed by atoms with E-state index in [1.54, 1.807) is 30.5 Å². The molecule has 0 aliphatic heterocycles. The Hall–Kier alpha value is -2.47. The predicted octanol–water partition coefficient (Wildman–Crippen LogP) is 4.20. The fourth-order valence-electron chi connectivity index (χ4n) is 1.84. The van der Waals surface area contributed by atoms with Crippen LogP contribution in [0.1, 0.15) is 36.7 Å². The Balaban J connectivity index is 1.95. The Morgan fingerprint density at radius 1 is 1.08 bits per heavy atom. The van der Waals surface area contributed by atoms with E-state index in [0.29, 0.717) is 11.3 Å². The van der Waals surface area contributed by atoms with Crippen LogP contribution in [0.3, 0.4) is 0 Å². The van der Waals surface area contributed by atoms with Crippen LogP contribution in [-0.4, -0.2) is 18.0 Å². The first-order valence-electron chi connectivity index (χ1n) is 7.76. The summed E-state index contributed by atoms with van der Waals surface area (Å²) in [6, 6.07) is 14.2. The van der Waals surface area contributed by atoms with Gasteiger partial charge in [0.25, 0.3) is 5.91 Å². The Labute approximate surface area is 155 Å². The van der Waals surface area contributed by atoms with Gasteiger partial charge in [-0.1, -0.05) is 48.8 Å². The molecule has 2 aromatic carbocycles. The van der Waals surface area contributed by atoms with Gasteiger partial charge in [0.05, 0.1) is 6.21 Å². The summed E-state index contributed by atoms with van der Waals surface area (Å²) in [5, 5.41) is 6.76. The Morgan fingerprint density at radius 2 is 1.76 bits per heavy atom. The number of amides is 2. The first-order chi connectivity index (χ1) is 11.8. The molecule has 0 saturated heterocycles. The molecule has 0 fully saturated rings. The highest BCUT2D eigenvalue weighted by Gasteiger charge is 2.21. The second-order valence-corrected chi connectivity index (χ2v) is 7.45. The third-order valence-corrected chi connectivity index (χ3v) is 3.81. The summed E-state index contributed by atoms with van der Waals surface area (Å²) in [6.07, 6.45) is 1.57. The van der Waals surface area contributed by atoms with Crippen molar-refractivity contribution < 1.29 is 9.59 Å². The van der Waals surface area contributed by atoms with Crippen LogP contribution in [0.5, 0.6) is 0 Å². The highest BCUT2D eigenvalue weighted by atomic mass is 79.9. The molecule has 25 heavy (non-hydrogen) atoms. The number of benzene rings is 2. The van der Waals surface area contributed by atoms with Gasteiger partial charge >= 0.3 is 0 Å². The van der Waals surface area contributed by atoms with Gasteiger partial charge in [-0.25, -0.2) is 5.43 Å². The maximum Gasteiger partial charge on any atom is 0.271 e. The predicted molar refractivity (Wildman–Crippen MR) is 104 cm³/mol. The molecule has 130 valence electrons. The van der Waals surface area contributed by atoms with Gasteiger partial charge < -0.3 is 5.32 Å². The second-order valence-electron chi connectivity index (χ2n) is 6.54. The number of hydrazone groups is 1. The summed E-state index contributed by atoms with van der Waals surface area (Å²) >= 11 is 3.38. The summed E-state index contributed by atoms with van der Waals surface area (Å²) in [6.45, 7) is 5.52. The van der Waals surface area contributed by atoms with E-state index in [4.69, 9.17) is 0 Å². The number of rotatable bonds is 4. The molecule has 2 rings (SSSR count). The fourth-order valence-corrected chi connectivity index (χ4v) is 2.26. The molecule has 0 heterocycles. The van der Waals surface area contributed by atoms with Crippen molar-refractivity contribution in [2.24, 2.45) is 10.5 Å². The summed E-state index contributed by atoms with van der Waals surface area (Å²) < 4.78 is 0.940. The summed E-state index contributed by atoms with van der Waals surface area (Å²) in [7, 11) is 0. The number of nitrogens with one attached hydrogen (secondary N) is 2. The molecular formula is C19H20BrN3O2. The van der Waals surface area contributed by atoms with Gasteiger partial charge in [0.15, 0.2) is 0 Å². The molecule has 2 N–H and O–H groups in total. The quantitative estimate of drug-likeness (QED) is 0.595. The minimum absolute atomic E-state index is 0.0803. The third-order valence-electron chi connectivity index (χ3n) is 3.31. The second kappa shape index (κ2) is 8.07. The minimum Gasteiger partial charge on any atom is -0.326 e. The molecule has 0 aliphatic carbocycles. The van der Waals surface area contributed by atoms with Crippen LogP contribution in [0.4, 0.5) is 5.69 Å². The highest BCUT2D eigenvalue weighted by Crippen LogP contribution is 2.17. The van der Waals surface area contributed by atoms with Gasteiger partial charge in [-0.15, -0.1) is 0 Å². The van der Waals surface area contributed by atoms with Crippen molar-refractivity contribution in [3.63, 3.8) is 0 Å². The zero-order valence-corrected chi connectivity index (χ0v) is 15.9. The van der Waals surface area contributed by atoms with E-state index in [0.717, 1.165) is 10.0 Å². The molecule has 0 aromatic heterocycles. The van der Waals surface area contributed by atoms with Gasteiger partial charge in [-0.05, 0) is 42.0 Å². The van der Waals surface area contributed by atoms with Crippen molar-refractivity contribution in [3.05, 3.63) is 64.1 Å². The van der Waals surface area contributed by atoms with Crippen molar-refractivity contribution in [1.29, 1.82) is 0 Å². The lowest BCUT2D eigenvalue weighted by Crippen LogP contribution is -2.27. The maximum atomic E-state index is 12.1. The minimum atomic E-state index is -0.475. The summed E-state index contributed by atoms with van der Waals surface area (Å²) in [4.78, 5) is 24.0. The lowest BCUT2D eigenvalue weighted by molar-refractivity contribution is -0.123. The van der Waals surface area contributed by atoms with Crippen molar-refractivity contribution in [1.82, 2.24) is 5.43 Å². The largest absolute Gasteiger partial charge is 0.326 e. The summed E-state index contributed by atoms with van der Waals surface area (Å²) in [5.41, 5.74) is 3.98. The van der Waals surface area contributed by atoms with E-state index in [1.165, 1.54) is 0 Å². The molecule has 2 aromatic rings. The molecule has 0 saturated carbocycles. The van der Waals surface area contributed by atoms with Crippen LogP contribution in [0.25, 0.3) is 0 Å². The van der Waals surface area contributed by atoms with E-state index < -0.39 is 5.41 Å². The van der Waals surface area contributed by atoms with Crippen LogP contribution in [0.15, 0.2) is 58.1 Å². The van der Waals surface area contributed by atoms with Crippen molar-refractivity contribution >= 4 is 39.6 Å². The molecule has 0 radical (unpaired) electrons. The normalized spacial score (nSPS) is 11.4. The lowest BCUT2D eigenvalue weighted by Gasteiger charge is -2.17. The fraction of sp³-hybridized carbons (Fsp3) is 0.211. The number of halogens is 1. The monoisotopic (exact) mass is 401 g/mol. The molecule has 6 heteroatoms. The smallest absolute Gasteiger partial charge is 0.271 e. The van der Waals surface area contributed by atoms with E-state index in [-0.39, 0.29) is 11.8 Å². The number of carbonyl (C=O) groups excluding carboxylic acids is 2. The average molecular weight is 402 g/mol. The first-order valence-corrected chi connectivity index (χ1v) is 8.55. The average Bonchev–Trinajstić information content (AvgIpc) is 2.54. The van der Waals surface area contributed by atoms with E-state index in [1.807, 2.05) is 45.0 Å². The zero-order valence-electron chi connectivity index (χ0n) is 14.3. The zero-order chi connectivity index (χ0) is 18.4. The third kappa shape index (κ3) is 5.83. The lowest BCUT2D eigenvalue weighted by atomic mass is 9.95. The molecule has 5 nitrogen and oxygen atoms in total. The summed E-state index contributed by atoms with van der Waals surface area (Å²) in [5.74, 6) is -0.400. The molecule has 0 atom stereocenters. The van der Waals surface area contributed by atoms with E-state index in [2.05, 4.69) is 31.8 Å². The molecule has 0 unspecified atom stereocenters. The molecule has 2 amide bonds. The first kappa shape index (κ1) is 18.9. The van der Waals surface area contributed by atoms with Crippen LogP contribution >= 0.6 is 15.9 Å². The van der Waals surface area contributed by atoms with Crippen molar-refractivity contribution in [3.8, 4) is 0 Å². The highest BCUT2D eigenvalue weighted by molar-refractivity contribution is 9.10. The number of hydrogen-bond acceptors (Lipinski definition) is 3. The van der Waals surface area contributed by atoms with Crippen LogP contribution in [0, 0.1) is 5.41 Å². The van der Waals surface area contributed by atoms with Crippen molar-refractivity contribution in [2.45, 2.75) is 20.8 Å². The van der Waals surface area contributed by atoms with Crippen LogP contribution in [0.2, 0.25) is 0 Å². The van der Waals surface area contributed by atoms with Crippen LogP contribution < -0.4 is 10.7 Å². The number of anilines is 1. The van der Waals surface area contributed by atoms with E-state index >= 15 is 0 Å². The number of carbonyl (C=O) groups is 2. The van der Waals surface area contributed by atoms with E-state index in [9.17, 15) is 9.59 Å². The molecule has 0 spiro atoms. The van der Waals surface area contributed by atoms with Gasteiger partial charge in [0.1, 0.15) is 0 Å². The molecule has 0 aliphatic rings. The van der Waals surface area contributed by atoms with Gasteiger partial charge in [0, 0.05) is 21.1 Å².